The summed E-state index contributed by atoms with van der Waals surface area (Å²) >= 11 is 0. The maximum atomic E-state index is 8.70. The van der Waals surface area contributed by atoms with E-state index in [0.29, 0.717) is 0 Å². The van der Waals surface area contributed by atoms with Crippen molar-refractivity contribution in [1.29, 1.82) is 0 Å². The summed E-state index contributed by atoms with van der Waals surface area (Å²) in [5, 5.41) is 41.0. The molecule has 0 atom stereocenters. The minimum Gasteiger partial charge on any atom is -0.504 e. The molecule has 10 heteroatoms. The Morgan fingerprint density at radius 2 is 0.604 bits per heavy atom. The maximum Gasteiger partial charge on any atom is 0.161 e. The van der Waals surface area contributed by atoms with E-state index < -0.39 is 23.0 Å². The van der Waals surface area contributed by atoms with Crippen LogP contribution in [0, 0.1) is 0 Å². The van der Waals surface area contributed by atoms with Gasteiger partial charge in [-0.3, -0.25) is 0 Å². The molecule has 0 aliphatic heterocycles. The van der Waals surface area contributed by atoms with Gasteiger partial charge in [-0.1, -0.05) is 51.3 Å². The number of hydrogen-bond acceptors (Lipinski definition) is 6. The van der Waals surface area contributed by atoms with Crippen molar-refractivity contribution in [1.82, 2.24) is 18.3 Å². The third-order valence-electron chi connectivity index (χ3n) is 8.26. The van der Waals surface area contributed by atoms with Crippen molar-refractivity contribution in [3.63, 3.8) is 0 Å². The average molecular weight is 653 g/mol. The molecule has 0 bridgehead atoms. The molecule has 254 valence electrons. The number of hydrogen-bond donors (Lipinski definition) is 6. The summed E-state index contributed by atoms with van der Waals surface area (Å²) in [6.45, 7) is 0. The number of anilines is 2. The molecule has 48 heavy (non-hydrogen) atoms. The van der Waals surface area contributed by atoms with E-state index in [0.717, 1.165) is 23.5 Å². The van der Waals surface area contributed by atoms with E-state index in [1.807, 2.05) is 38.4 Å². The molecule has 0 saturated carbocycles. The highest BCUT2D eigenvalue weighted by atomic mass is 16.3. The fourth-order valence-corrected chi connectivity index (χ4v) is 5.69. The number of fused-ring (bicyclic) bond motifs is 4. The quantitative estimate of drug-likeness (QED) is 0.0634. The predicted molar refractivity (Wildman–Crippen MR) is 202 cm³/mol. The fraction of sp³-hybridized carbons (Fsp3) is 0.211. The van der Waals surface area contributed by atoms with Crippen LogP contribution < -0.4 is 10.6 Å². The van der Waals surface area contributed by atoms with Gasteiger partial charge in [0, 0.05) is 54.4 Å². The van der Waals surface area contributed by atoms with Gasteiger partial charge in [-0.05, 0) is 48.5 Å². The lowest BCUT2D eigenvalue weighted by molar-refractivity contribution is 0.373. The molecule has 5 aromatic carbocycles. The van der Waals surface area contributed by atoms with E-state index >= 15 is 0 Å². The number of nitrogens with zero attached hydrogens (tertiary/aromatic N) is 4. The number of aromatic nitrogens is 4. The van der Waals surface area contributed by atoms with Crippen molar-refractivity contribution in [3.8, 4) is 23.0 Å². The Labute approximate surface area is 281 Å². The summed E-state index contributed by atoms with van der Waals surface area (Å²) in [6.07, 6.45) is 0. The van der Waals surface area contributed by atoms with Crippen molar-refractivity contribution in [2.45, 2.75) is 14.9 Å². The zero-order chi connectivity index (χ0) is 33.1. The third kappa shape index (κ3) is 6.78. The Kier molecular flexibility index (Phi) is 11.5. The summed E-state index contributed by atoms with van der Waals surface area (Å²) in [7, 11) is 12.4. The summed E-state index contributed by atoms with van der Waals surface area (Å²) in [5.74, 6) is -1.85. The second-order valence-corrected chi connectivity index (χ2v) is 10.9. The first-order valence-electron chi connectivity index (χ1n) is 14.8. The smallest absolute Gasteiger partial charge is 0.161 e. The molecule has 0 aliphatic carbocycles. The molecule has 0 aliphatic rings. The van der Waals surface area contributed by atoms with Gasteiger partial charge in [0.15, 0.2) is 23.0 Å². The molecule has 0 fully saturated rings. The summed E-state index contributed by atoms with van der Waals surface area (Å²) in [6, 6.07) is 31.5. The molecule has 2 heterocycles. The fourth-order valence-electron chi connectivity index (χ4n) is 5.69. The highest BCUT2D eigenvalue weighted by Gasteiger charge is 2.12. The van der Waals surface area contributed by atoms with Crippen LogP contribution in [-0.4, -0.2) is 52.8 Å². The Bertz CT molecular complexity index is 1960. The molecule has 7 aromatic rings. The predicted octanol–water partition coefficient (Wildman–Crippen LogP) is 8.33. The van der Waals surface area contributed by atoms with E-state index in [2.05, 4.69) is 118 Å². The van der Waals surface area contributed by atoms with Crippen LogP contribution in [0.1, 0.15) is 14.9 Å². The standard InChI is InChI=1S/C22H22N4.C8H12N2.C6H6O4.2CH4/c1-23-15-9-5-6-10-16(15)24(2)20-14-22-21(13-19(20)23)25(3)17-11-7-8-12-18(17)26(22)4;1-9-7-5-3-4-6-8(7)10-2;7-3-1-4(8)6(10)2-5(3)9;;/h5-14H,1-4H3;3-6,9-10H,1-2H3;1-2,7-10H;2*1H4. The second-order valence-electron chi connectivity index (χ2n) is 10.9. The lowest BCUT2D eigenvalue weighted by Gasteiger charge is -2.21. The number of phenols is 4. The van der Waals surface area contributed by atoms with Gasteiger partial charge in [-0.25, -0.2) is 0 Å². The first kappa shape index (κ1) is 36.6. The van der Waals surface area contributed by atoms with Crippen molar-refractivity contribution >= 4 is 55.5 Å². The zero-order valence-corrected chi connectivity index (χ0v) is 26.8. The van der Waals surface area contributed by atoms with Crippen molar-refractivity contribution < 1.29 is 20.4 Å². The number of nitrogens with one attached hydrogen (secondary N) is 2. The van der Waals surface area contributed by atoms with Crippen molar-refractivity contribution in [2.75, 3.05) is 24.7 Å². The molecule has 0 saturated heterocycles. The highest BCUT2D eigenvalue weighted by molar-refractivity contribution is 5.99. The lowest BCUT2D eigenvalue weighted by atomic mass is 10.1. The lowest BCUT2D eigenvalue weighted by Crippen LogP contribution is -2.08. The molecule has 0 spiro atoms. The average Bonchev–Trinajstić information content (AvgIpc) is 3.08. The number of aryl methyl sites for hydroxylation is 4. The topological polar surface area (TPSA) is 125 Å². The van der Waals surface area contributed by atoms with Gasteiger partial charge in [0.05, 0.1) is 55.5 Å². The number of phenolic OH excluding ortho intramolecular Hbond substituents is 4. The minimum absolute atomic E-state index is 0. The van der Waals surface area contributed by atoms with E-state index in [-0.39, 0.29) is 14.9 Å². The normalized spacial score (nSPS) is 10.3. The third-order valence-corrected chi connectivity index (χ3v) is 8.26. The van der Waals surface area contributed by atoms with Crippen LogP contribution in [0.4, 0.5) is 11.4 Å². The Morgan fingerprint density at radius 1 is 0.375 bits per heavy atom. The molecule has 6 N–H and O–H groups in total. The van der Waals surface area contributed by atoms with E-state index in [1.165, 1.54) is 44.1 Å². The monoisotopic (exact) mass is 652 g/mol. The summed E-state index contributed by atoms with van der Waals surface area (Å²) < 4.78 is 9.16. The summed E-state index contributed by atoms with van der Waals surface area (Å²) in [5.41, 5.74) is 12.1. The largest absolute Gasteiger partial charge is 0.504 e. The molecule has 7 rings (SSSR count). The zero-order valence-electron chi connectivity index (χ0n) is 26.8. The molecule has 0 radical (unpaired) electrons. The van der Waals surface area contributed by atoms with Gasteiger partial charge in [0.25, 0.3) is 0 Å². The van der Waals surface area contributed by atoms with Gasteiger partial charge in [-0.15, -0.1) is 0 Å². The summed E-state index contributed by atoms with van der Waals surface area (Å²) in [4.78, 5) is 0. The molecule has 0 amide bonds. The minimum atomic E-state index is -0.463. The number of para-hydroxylation sites is 6. The van der Waals surface area contributed by atoms with Crippen LogP contribution in [0.5, 0.6) is 23.0 Å². The van der Waals surface area contributed by atoms with Crippen LogP contribution in [0.15, 0.2) is 97.1 Å². The first-order valence-corrected chi connectivity index (χ1v) is 14.8. The van der Waals surface area contributed by atoms with Crippen molar-refractivity contribution in [3.05, 3.63) is 97.1 Å². The van der Waals surface area contributed by atoms with E-state index in [9.17, 15) is 0 Å². The van der Waals surface area contributed by atoms with Gasteiger partial charge in [0.1, 0.15) is 0 Å². The van der Waals surface area contributed by atoms with Gasteiger partial charge in [0.2, 0.25) is 0 Å². The van der Waals surface area contributed by atoms with Crippen LogP contribution in [0.3, 0.4) is 0 Å². The second kappa shape index (κ2) is 15.1. The molecule has 0 unspecified atom stereocenters. The van der Waals surface area contributed by atoms with Crippen LogP contribution in [0.2, 0.25) is 0 Å². The number of rotatable bonds is 2. The van der Waals surface area contributed by atoms with Gasteiger partial charge in [-0.2, -0.15) is 0 Å². The molecule has 10 nitrogen and oxygen atoms in total. The van der Waals surface area contributed by atoms with Crippen LogP contribution >= 0.6 is 0 Å². The molecular weight excluding hydrogens is 604 g/mol. The van der Waals surface area contributed by atoms with Gasteiger partial charge >= 0.3 is 0 Å². The Hall–Kier alpha value is -5.90. The Morgan fingerprint density at radius 3 is 0.833 bits per heavy atom. The SMILES string of the molecule is C.C.CNc1ccccc1NC.Cn1c2ccccc2n(C)c2cc3c(cc21)n(C)c1ccccc1n3C.Oc1cc(O)c(O)cc1O. The molecular formula is C38H48N6O4. The number of aromatic hydroxyl groups is 4. The van der Waals surface area contributed by atoms with E-state index in [4.69, 9.17) is 20.4 Å². The van der Waals surface area contributed by atoms with E-state index in [1.54, 1.807) is 0 Å². The maximum absolute atomic E-state index is 8.70. The molecule has 2 aromatic heterocycles. The van der Waals surface area contributed by atoms with Gasteiger partial charge < -0.3 is 49.3 Å². The van der Waals surface area contributed by atoms with Crippen molar-refractivity contribution in [2.24, 2.45) is 28.2 Å². The first-order chi connectivity index (χ1) is 22.1. The van der Waals surface area contributed by atoms with Crippen LogP contribution in [0.25, 0.3) is 44.1 Å². The Balaban J connectivity index is 0.000000236. The highest BCUT2D eigenvalue weighted by Crippen LogP contribution is 2.36. The number of benzene rings is 5. The van der Waals surface area contributed by atoms with Crippen LogP contribution in [-0.2, 0) is 28.2 Å².